The van der Waals surface area contributed by atoms with E-state index in [0.29, 0.717) is 25.2 Å². The van der Waals surface area contributed by atoms with Crippen LogP contribution in [0, 0.1) is 6.92 Å². The molecule has 0 fully saturated rings. The van der Waals surface area contributed by atoms with Gasteiger partial charge in [0.25, 0.3) is 5.91 Å². The Bertz CT molecular complexity index is 815. The summed E-state index contributed by atoms with van der Waals surface area (Å²) in [6.45, 7) is 5.80. The molecule has 0 aliphatic carbocycles. The van der Waals surface area contributed by atoms with Gasteiger partial charge in [-0.05, 0) is 39.0 Å². The van der Waals surface area contributed by atoms with Crippen molar-refractivity contribution in [2.45, 2.75) is 25.7 Å². The van der Waals surface area contributed by atoms with Gasteiger partial charge in [0.1, 0.15) is 4.90 Å². The number of rotatable bonds is 5. The Morgan fingerprint density at radius 1 is 1.16 bits per heavy atom. The molecule has 0 aliphatic heterocycles. The zero-order valence-corrected chi connectivity index (χ0v) is 14.5. The largest absolute Gasteiger partial charge is 0.338 e. The van der Waals surface area contributed by atoms with Crippen molar-refractivity contribution < 1.29 is 24.2 Å². The fourth-order valence-electron chi connectivity index (χ4n) is 2.29. The highest BCUT2D eigenvalue weighted by atomic mass is 32.5. The zero-order chi connectivity index (χ0) is 19.1. The summed E-state index contributed by atoms with van der Waals surface area (Å²) in [6.07, 6.45) is 0. The number of hydrogen-bond donors (Lipinski definition) is 0. The van der Waals surface area contributed by atoms with E-state index < -0.39 is 21.0 Å². The van der Waals surface area contributed by atoms with Crippen molar-refractivity contribution in [2.24, 2.45) is 0 Å². The molecule has 0 unspecified atom stereocenters. The number of carbonyl (C=O) groups excluding carboxylic acids is 1. The van der Waals surface area contributed by atoms with Gasteiger partial charge >= 0.3 is 10.2 Å². The topological polar surface area (TPSA) is 51.0 Å². The molecular weight excluding hydrogens is 367 g/mol. The summed E-state index contributed by atoms with van der Waals surface area (Å²) in [5.74, 6) is -0.433. The lowest BCUT2D eigenvalue weighted by Gasteiger charge is -2.40. The predicted molar refractivity (Wildman–Crippen MR) is 84.7 cm³/mol. The van der Waals surface area contributed by atoms with E-state index >= 15 is 0 Å². The number of carbonyl (C=O) groups is 1. The Kier molecular flexibility index (Phi) is 4.15. The van der Waals surface area contributed by atoms with Gasteiger partial charge in [0.2, 0.25) is 0 Å². The van der Waals surface area contributed by atoms with Gasteiger partial charge in [-0.3, -0.25) is 4.79 Å². The maximum Gasteiger partial charge on any atom is 0.310 e. The lowest BCUT2D eigenvalue weighted by Crippen LogP contribution is -2.31. The lowest BCUT2D eigenvalue weighted by atomic mass is 10.2. The molecule has 1 amide bonds. The van der Waals surface area contributed by atoms with Crippen molar-refractivity contribution in [3.05, 3.63) is 35.7 Å². The molecule has 1 heterocycles. The standard InChI is InChI=1S/C14H17F5N4OS/c1-4-22(5-2)14(24)13-10(3)23(21-20-13)11-7-6-8-12(9-11)25(15,16,17,18)19/h6-9H,4-5H2,1-3H3. The molecule has 0 saturated carbocycles. The van der Waals surface area contributed by atoms with E-state index in [-0.39, 0.29) is 17.1 Å². The van der Waals surface area contributed by atoms with Crippen molar-refractivity contribution in [1.82, 2.24) is 19.9 Å². The van der Waals surface area contributed by atoms with Crippen molar-refractivity contribution in [1.29, 1.82) is 0 Å². The van der Waals surface area contributed by atoms with Gasteiger partial charge in [-0.2, -0.15) is 0 Å². The van der Waals surface area contributed by atoms with Crippen LogP contribution in [0.3, 0.4) is 0 Å². The first-order valence-electron chi connectivity index (χ1n) is 7.34. The third-order valence-electron chi connectivity index (χ3n) is 3.66. The molecule has 1 aromatic carbocycles. The minimum Gasteiger partial charge on any atom is -0.338 e. The Hall–Kier alpha value is -2.17. The maximum absolute atomic E-state index is 13.0. The van der Waals surface area contributed by atoms with E-state index in [1.165, 1.54) is 17.9 Å². The molecule has 0 spiro atoms. The average Bonchev–Trinajstić information content (AvgIpc) is 2.88. The molecular formula is C14H17F5N4OS. The molecule has 25 heavy (non-hydrogen) atoms. The molecule has 0 N–H and O–H groups in total. The van der Waals surface area contributed by atoms with Crippen LogP contribution in [0.4, 0.5) is 19.4 Å². The Morgan fingerprint density at radius 3 is 2.28 bits per heavy atom. The minimum atomic E-state index is -9.81. The highest BCUT2D eigenvalue weighted by Gasteiger charge is 2.65. The number of halogens is 5. The second kappa shape index (κ2) is 5.41. The highest BCUT2D eigenvalue weighted by Crippen LogP contribution is 3.02. The lowest BCUT2D eigenvalue weighted by molar-refractivity contribution is 0.0766. The predicted octanol–water partition coefficient (Wildman–Crippen LogP) is 4.72. The van der Waals surface area contributed by atoms with E-state index in [2.05, 4.69) is 10.3 Å². The second-order valence-corrected chi connectivity index (χ2v) is 7.79. The molecule has 140 valence electrons. The molecule has 2 aromatic rings. The van der Waals surface area contributed by atoms with Gasteiger partial charge in [-0.15, -0.1) is 5.10 Å². The first-order valence-corrected chi connectivity index (χ1v) is 9.29. The van der Waals surface area contributed by atoms with Crippen molar-refractivity contribution >= 4 is 16.1 Å². The van der Waals surface area contributed by atoms with Crippen LogP contribution in [0.5, 0.6) is 0 Å². The molecule has 0 aliphatic rings. The summed E-state index contributed by atoms with van der Waals surface area (Å²) >= 11 is 0. The van der Waals surface area contributed by atoms with Crippen LogP contribution in [0.15, 0.2) is 29.2 Å². The number of amides is 1. The number of benzene rings is 1. The van der Waals surface area contributed by atoms with Gasteiger partial charge < -0.3 is 4.90 Å². The number of nitrogens with zero attached hydrogens (tertiary/aromatic N) is 4. The normalized spacial score (nSPS) is 14.7. The first-order chi connectivity index (χ1) is 11.3. The van der Waals surface area contributed by atoms with E-state index in [1.54, 1.807) is 13.8 Å². The van der Waals surface area contributed by atoms with E-state index in [1.807, 2.05) is 0 Å². The van der Waals surface area contributed by atoms with Crippen molar-refractivity contribution in [2.75, 3.05) is 13.1 Å². The third kappa shape index (κ3) is 3.91. The molecule has 0 saturated heterocycles. The molecule has 5 nitrogen and oxygen atoms in total. The molecule has 2 rings (SSSR count). The Morgan fingerprint density at radius 2 is 1.76 bits per heavy atom. The second-order valence-electron chi connectivity index (χ2n) is 5.38. The number of aromatic nitrogens is 3. The summed E-state index contributed by atoms with van der Waals surface area (Å²) in [6, 6.07) is 2.64. The highest BCUT2D eigenvalue weighted by molar-refractivity contribution is 8.45. The van der Waals surface area contributed by atoms with Gasteiger partial charge in [-0.25, -0.2) is 4.68 Å². The van der Waals surface area contributed by atoms with Crippen LogP contribution in [0.1, 0.15) is 30.0 Å². The average molecular weight is 384 g/mol. The smallest absolute Gasteiger partial charge is 0.310 e. The number of hydrogen-bond acceptors (Lipinski definition) is 3. The van der Waals surface area contributed by atoms with Crippen LogP contribution in [0.2, 0.25) is 0 Å². The summed E-state index contributed by atoms with van der Waals surface area (Å²) in [5, 5.41) is 7.34. The third-order valence-corrected chi connectivity index (χ3v) is 4.80. The SMILES string of the molecule is CCN(CC)C(=O)c1nnn(-c2cccc(S(F)(F)(F)(F)F)c2)c1C. The Balaban J connectivity index is 2.51. The minimum absolute atomic E-state index is 0.0403. The van der Waals surface area contributed by atoms with E-state index in [0.717, 1.165) is 10.7 Å². The quantitative estimate of drug-likeness (QED) is 0.701. The maximum atomic E-state index is 13.0. The summed E-state index contributed by atoms with van der Waals surface area (Å²) in [4.78, 5) is 11.8. The summed E-state index contributed by atoms with van der Waals surface area (Å²) in [5.41, 5.74) is -0.132. The summed E-state index contributed by atoms with van der Waals surface area (Å²) < 4.78 is 65.8. The van der Waals surface area contributed by atoms with Crippen molar-refractivity contribution in [3.8, 4) is 5.69 Å². The van der Waals surface area contributed by atoms with Crippen LogP contribution >= 0.6 is 10.2 Å². The first kappa shape index (κ1) is 19.2. The van der Waals surface area contributed by atoms with Crippen LogP contribution in [-0.2, 0) is 0 Å². The van der Waals surface area contributed by atoms with E-state index in [4.69, 9.17) is 0 Å². The Labute approximate surface area is 141 Å². The molecule has 0 radical (unpaired) electrons. The van der Waals surface area contributed by atoms with Gasteiger partial charge in [-0.1, -0.05) is 30.7 Å². The summed E-state index contributed by atoms with van der Waals surface area (Å²) in [7, 11) is -9.81. The zero-order valence-electron chi connectivity index (χ0n) is 13.7. The van der Waals surface area contributed by atoms with Crippen LogP contribution in [0.25, 0.3) is 5.69 Å². The fourth-order valence-corrected chi connectivity index (χ4v) is 2.97. The van der Waals surface area contributed by atoms with Crippen molar-refractivity contribution in [3.63, 3.8) is 0 Å². The van der Waals surface area contributed by atoms with Gasteiger partial charge in [0.05, 0.1) is 11.4 Å². The van der Waals surface area contributed by atoms with Gasteiger partial charge in [0, 0.05) is 13.1 Å². The van der Waals surface area contributed by atoms with Crippen LogP contribution in [-0.4, -0.2) is 38.9 Å². The van der Waals surface area contributed by atoms with Gasteiger partial charge in [0.15, 0.2) is 5.69 Å². The monoisotopic (exact) mass is 384 g/mol. The van der Waals surface area contributed by atoms with E-state index in [9.17, 15) is 24.2 Å². The fraction of sp³-hybridized carbons (Fsp3) is 0.357. The molecule has 0 bridgehead atoms. The molecule has 1 aromatic heterocycles. The molecule has 11 heteroatoms. The van der Waals surface area contributed by atoms with Crippen LogP contribution < -0.4 is 0 Å². The molecule has 0 atom stereocenters.